The second-order valence-electron chi connectivity index (χ2n) is 7.46. The number of aliphatic hydroxyl groups is 1. The van der Waals surface area contributed by atoms with Crippen LogP contribution in [0.15, 0.2) is 46.1 Å². The summed E-state index contributed by atoms with van der Waals surface area (Å²) in [6.07, 6.45) is -1.56. The number of thiol groups is 1. The molecule has 0 aliphatic carbocycles. The lowest BCUT2D eigenvalue weighted by atomic mass is 10.1. The fourth-order valence-corrected chi connectivity index (χ4v) is 6.56. The maximum Gasteiger partial charge on any atom is 0.287 e. The number of fused-ring (bicyclic) bond motifs is 3. The molecular weight excluding hydrogens is 541 g/mol. The number of hydrogen-bond acceptors (Lipinski definition) is 8. The van der Waals surface area contributed by atoms with Gasteiger partial charge in [-0.15, -0.1) is 0 Å². The van der Waals surface area contributed by atoms with E-state index in [1.807, 2.05) is 30.3 Å². The van der Waals surface area contributed by atoms with Crippen molar-refractivity contribution in [2.24, 2.45) is 0 Å². The number of nitrogens with zero attached hydrogens (tertiary/aromatic N) is 4. The van der Waals surface area contributed by atoms with Crippen LogP contribution >= 0.6 is 33.9 Å². The first kappa shape index (κ1) is 21.0. The van der Waals surface area contributed by atoms with Crippen molar-refractivity contribution in [2.45, 2.75) is 24.5 Å². The molecule has 0 bridgehead atoms. The first-order chi connectivity index (χ1) is 15.3. The molecule has 10 nitrogen and oxygen atoms in total. The van der Waals surface area contributed by atoms with Gasteiger partial charge in [-0.25, -0.2) is 9.38 Å². The summed E-state index contributed by atoms with van der Waals surface area (Å²) in [7, 11) is 0. The molecule has 0 radical (unpaired) electrons. The SMILES string of the molecule is O=c1c2nc(Br)n([C@@H]3O[C@@H]4COP(=S)(S)O[C@H]4[C@H]3O)c2nc2[nH]c(-c3ccccc3)cn12. The zero-order valence-corrected chi connectivity index (χ0v) is 20.2. The zero-order chi connectivity index (χ0) is 22.2. The quantitative estimate of drug-likeness (QED) is 0.196. The summed E-state index contributed by atoms with van der Waals surface area (Å²) in [5.41, 5.74) is -1.05. The van der Waals surface area contributed by atoms with Gasteiger partial charge in [-0.2, -0.15) is 4.98 Å². The summed E-state index contributed by atoms with van der Waals surface area (Å²) in [5.74, 6) is 0.338. The van der Waals surface area contributed by atoms with Gasteiger partial charge < -0.3 is 23.9 Å². The van der Waals surface area contributed by atoms with Crippen LogP contribution in [0.3, 0.4) is 0 Å². The van der Waals surface area contributed by atoms with Crippen LogP contribution < -0.4 is 5.56 Å². The Hall–Kier alpha value is -1.57. The number of halogens is 1. The zero-order valence-electron chi connectivity index (χ0n) is 16.0. The Morgan fingerprint density at radius 1 is 1.31 bits per heavy atom. The minimum Gasteiger partial charge on any atom is -0.386 e. The van der Waals surface area contributed by atoms with E-state index < -0.39 is 30.2 Å². The summed E-state index contributed by atoms with van der Waals surface area (Å²) in [4.78, 5) is 25.3. The monoisotopic (exact) mass is 555 g/mol. The van der Waals surface area contributed by atoms with E-state index in [-0.39, 0.29) is 23.3 Å². The number of aliphatic hydroxyl groups excluding tert-OH is 1. The average Bonchev–Trinajstić information content (AvgIpc) is 3.43. The molecule has 0 amide bonds. The lowest BCUT2D eigenvalue weighted by molar-refractivity contribution is -0.0537. The van der Waals surface area contributed by atoms with Crippen LogP contribution in [0.2, 0.25) is 0 Å². The fourth-order valence-electron chi connectivity index (χ4n) is 4.04. The molecule has 5 atom stereocenters. The van der Waals surface area contributed by atoms with E-state index in [1.165, 1.54) is 8.97 Å². The lowest BCUT2D eigenvalue weighted by Crippen LogP contribution is -2.38. The molecule has 14 heteroatoms. The highest BCUT2D eigenvalue weighted by molar-refractivity contribution is 9.10. The van der Waals surface area contributed by atoms with E-state index in [4.69, 9.17) is 25.6 Å². The number of hydrogen-bond donors (Lipinski definition) is 3. The summed E-state index contributed by atoms with van der Waals surface area (Å²) in [6.45, 7) is 0.153. The van der Waals surface area contributed by atoms with E-state index in [0.717, 1.165) is 11.3 Å². The van der Waals surface area contributed by atoms with E-state index in [0.29, 0.717) is 10.5 Å². The van der Waals surface area contributed by atoms with Crippen molar-refractivity contribution in [1.82, 2.24) is 23.9 Å². The molecule has 0 spiro atoms. The van der Waals surface area contributed by atoms with E-state index >= 15 is 0 Å². The van der Waals surface area contributed by atoms with Crippen LogP contribution in [-0.2, 0) is 25.6 Å². The molecular formula is C18H15BrN5O5PS2. The summed E-state index contributed by atoms with van der Waals surface area (Å²) >= 11 is 12.8. The molecule has 5 heterocycles. The van der Waals surface area contributed by atoms with Gasteiger partial charge in [0.1, 0.15) is 18.3 Å². The number of ether oxygens (including phenoxy) is 1. The van der Waals surface area contributed by atoms with Crippen molar-refractivity contribution in [3.63, 3.8) is 0 Å². The summed E-state index contributed by atoms with van der Waals surface area (Å²) in [5, 5.41) is 11.0. The van der Waals surface area contributed by atoms with Gasteiger partial charge >= 0.3 is 0 Å². The highest BCUT2D eigenvalue weighted by atomic mass is 79.9. The fraction of sp³-hybridized carbons (Fsp3) is 0.278. The highest BCUT2D eigenvalue weighted by Crippen LogP contribution is 2.59. The summed E-state index contributed by atoms with van der Waals surface area (Å²) in [6, 6.07) is 9.60. The third kappa shape index (κ3) is 3.23. The van der Waals surface area contributed by atoms with Crippen LogP contribution in [-0.4, -0.2) is 53.9 Å². The second-order valence-corrected chi connectivity index (χ2v) is 13.4. The molecule has 0 saturated carbocycles. The number of imidazole rings is 2. The first-order valence-electron chi connectivity index (χ1n) is 9.56. The van der Waals surface area contributed by atoms with Crippen LogP contribution in [0.25, 0.3) is 28.2 Å². The van der Waals surface area contributed by atoms with Gasteiger partial charge in [0, 0.05) is 6.20 Å². The van der Waals surface area contributed by atoms with Crippen molar-refractivity contribution in [2.75, 3.05) is 6.61 Å². The largest absolute Gasteiger partial charge is 0.386 e. The number of rotatable bonds is 2. The maximum atomic E-state index is 13.2. The molecule has 6 rings (SSSR count). The van der Waals surface area contributed by atoms with Gasteiger partial charge in [0.2, 0.25) is 11.5 Å². The van der Waals surface area contributed by atoms with Crippen LogP contribution in [0, 0.1) is 0 Å². The molecule has 2 saturated heterocycles. The van der Waals surface area contributed by atoms with Crippen LogP contribution in [0.5, 0.6) is 0 Å². The third-order valence-electron chi connectivity index (χ3n) is 5.51. The number of nitrogens with one attached hydrogen (secondary N) is 1. The Morgan fingerprint density at radius 2 is 2.09 bits per heavy atom. The Bertz CT molecular complexity index is 1470. The van der Waals surface area contributed by atoms with Crippen molar-refractivity contribution in [1.29, 1.82) is 0 Å². The smallest absolute Gasteiger partial charge is 0.287 e. The molecule has 2 N–H and O–H groups in total. The maximum absolute atomic E-state index is 13.2. The normalized spacial score (nSPS) is 30.2. The van der Waals surface area contributed by atoms with Crippen molar-refractivity contribution in [3.05, 3.63) is 51.6 Å². The molecule has 166 valence electrons. The standard InChI is InChI=1S/C18H15BrN5O5PS2/c19-17-21-11-14(24(17)16-12(25)13-10(28-16)7-27-30(31,32)29-13)22-18-20-9(6-23(18)15(11)26)8-4-2-1-3-5-8/h1-6,10,12-13,16,25H,7H2,(H,20,22)(H,31,32)/t10-,12-,13-,16-/m1/s1. The number of aromatic nitrogens is 5. The molecule has 2 aliphatic rings. The van der Waals surface area contributed by atoms with Crippen LogP contribution in [0.1, 0.15) is 6.23 Å². The van der Waals surface area contributed by atoms with Crippen molar-refractivity contribution < 1.29 is 18.9 Å². The molecule has 32 heavy (non-hydrogen) atoms. The minimum absolute atomic E-state index is 0.134. The van der Waals surface area contributed by atoms with Crippen LogP contribution in [0.4, 0.5) is 0 Å². The van der Waals surface area contributed by atoms with Crippen molar-refractivity contribution in [3.8, 4) is 11.3 Å². The van der Waals surface area contributed by atoms with Gasteiger partial charge in [-0.05, 0) is 33.3 Å². The summed E-state index contributed by atoms with van der Waals surface area (Å²) < 4.78 is 20.4. The molecule has 4 aromatic rings. The van der Waals surface area contributed by atoms with Gasteiger partial charge in [0.15, 0.2) is 22.1 Å². The van der Waals surface area contributed by atoms with Gasteiger partial charge in [0.05, 0.1) is 12.3 Å². The molecule has 2 fully saturated rings. The molecule has 2 aliphatic heterocycles. The number of aromatic amines is 1. The minimum atomic E-state index is -2.75. The van der Waals surface area contributed by atoms with E-state index in [1.54, 1.807) is 6.20 Å². The molecule has 1 unspecified atom stereocenters. The molecule has 3 aromatic heterocycles. The average molecular weight is 556 g/mol. The lowest BCUT2D eigenvalue weighted by Gasteiger charge is -2.31. The Morgan fingerprint density at radius 3 is 2.88 bits per heavy atom. The second kappa shape index (κ2) is 7.47. The predicted octanol–water partition coefficient (Wildman–Crippen LogP) is 2.63. The van der Waals surface area contributed by atoms with Gasteiger partial charge in [-0.1, -0.05) is 42.6 Å². The Kier molecular flexibility index (Phi) is 4.90. The van der Waals surface area contributed by atoms with Crippen molar-refractivity contribution >= 4 is 62.6 Å². The third-order valence-corrected chi connectivity index (χ3v) is 8.26. The van der Waals surface area contributed by atoms with Gasteiger partial charge in [0.25, 0.3) is 5.56 Å². The topological polar surface area (TPSA) is 116 Å². The van der Waals surface area contributed by atoms with Gasteiger partial charge in [-0.3, -0.25) is 9.36 Å². The molecule has 1 aromatic carbocycles. The first-order valence-corrected chi connectivity index (χ1v) is 14.1. The number of benzene rings is 1. The van der Waals surface area contributed by atoms with E-state index in [9.17, 15) is 9.90 Å². The highest BCUT2D eigenvalue weighted by Gasteiger charge is 2.51. The Labute approximate surface area is 199 Å². The van der Waals surface area contributed by atoms with E-state index in [2.05, 4.69) is 43.1 Å². The Balaban J connectivity index is 1.48. The predicted molar refractivity (Wildman–Crippen MR) is 126 cm³/mol. The number of H-pyrrole nitrogens is 1.